The summed E-state index contributed by atoms with van der Waals surface area (Å²) >= 11 is 0. The SMILES string of the molecule is Cc1cccc(C)c1OP(=O)(Oc1c(C)cccc1C)Oc1c(C)cc(-c2cc(C)c(OP(=O)(Oc3c(C)cccc3C)Oc3c(C)cccc3C)c(C)c2)cc1C. The smallest absolute Gasteiger partial charge is 0.385 e. The van der Waals surface area contributed by atoms with Crippen molar-refractivity contribution >= 4 is 15.6 Å². The van der Waals surface area contributed by atoms with E-state index in [1.807, 2.05) is 180 Å². The van der Waals surface area contributed by atoms with Gasteiger partial charge in [0.1, 0.15) is 34.5 Å². The molecule has 0 unspecified atom stereocenters. The summed E-state index contributed by atoms with van der Waals surface area (Å²) in [5.74, 6) is 2.57. The molecule has 0 saturated carbocycles. The van der Waals surface area contributed by atoms with Crippen LogP contribution < -0.4 is 27.1 Å². The molecule has 58 heavy (non-hydrogen) atoms. The molecule has 0 fully saturated rings. The van der Waals surface area contributed by atoms with Crippen molar-refractivity contribution in [1.29, 1.82) is 0 Å². The van der Waals surface area contributed by atoms with Crippen molar-refractivity contribution in [2.45, 2.75) is 83.1 Å². The lowest BCUT2D eigenvalue weighted by atomic mass is 9.96. The van der Waals surface area contributed by atoms with Crippen LogP contribution in [0.25, 0.3) is 11.1 Å². The molecular weight excluding hydrogens is 766 g/mol. The van der Waals surface area contributed by atoms with Crippen LogP contribution >= 0.6 is 15.6 Å². The Morgan fingerprint density at radius 3 is 0.603 bits per heavy atom. The number of hydrogen-bond donors (Lipinski definition) is 0. The van der Waals surface area contributed by atoms with Crippen molar-refractivity contribution in [3.05, 3.63) is 164 Å². The van der Waals surface area contributed by atoms with Crippen LogP contribution in [0.15, 0.2) is 97.1 Å². The van der Waals surface area contributed by atoms with Gasteiger partial charge in [-0.3, -0.25) is 0 Å². The third-order valence-corrected chi connectivity index (χ3v) is 12.5. The molecular formula is C48H52O8P2. The summed E-state index contributed by atoms with van der Waals surface area (Å²) in [6.45, 7) is 22.8. The minimum Gasteiger partial charge on any atom is -0.385 e. The molecule has 6 aromatic rings. The van der Waals surface area contributed by atoms with Gasteiger partial charge in [0.05, 0.1) is 0 Å². The minimum absolute atomic E-state index is 0.395. The molecule has 0 aliphatic heterocycles. The zero-order chi connectivity index (χ0) is 42.1. The quantitative estimate of drug-likeness (QED) is 0.106. The van der Waals surface area contributed by atoms with Gasteiger partial charge in [0.15, 0.2) is 0 Å². The zero-order valence-corrected chi connectivity index (χ0v) is 37.2. The normalized spacial score (nSPS) is 11.6. The van der Waals surface area contributed by atoms with E-state index in [1.54, 1.807) is 0 Å². The first-order valence-corrected chi connectivity index (χ1v) is 22.1. The second kappa shape index (κ2) is 16.8. The van der Waals surface area contributed by atoms with E-state index in [0.717, 1.165) is 77.9 Å². The predicted molar refractivity (Wildman–Crippen MR) is 233 cm³/mol. The van der Waals surface area contributed by atoms with Crippen molar-refractivity contribution < 1.29 is 36.3 Å². The van der Waals surface area contributed by atoms with Gasteiger partial charge in [-0.15, -0.1) is 0 Å². The number of rotatable bonds is 13. The number of hydrogen-bond acceptors (Lipinski definition) is 8. The van der Waals surface area contributed by atoms with Crippen LogP contribution in [0, 0.1) is 83.1 Å². The Bertz CT molecular complexity index is 2210. The Hall–Kier alpha value is -5.42. The molecule has 0 bridgehead atoms. The Kier molecular flexibility index (Phi) is 12.2. The van der Waals surface area contributed by atoms with Crippen molar-refractivity contribution in [1.82, 2.24) is 0 Å². The van der Waals surface area contributed by atoms with Crippen LogP contribution in [0.4, 0.5) is 0 Å². The largest absolute Gasteiger partial charge is 0.647 e. The lowest BCUT2D eigenvalue weighted by Gasteiger charge is -2.25. The molecule has 0 N–H and O–H groups in total. The van der Waals surface area contributed by atoms with E-state index in [0.29, 0.717) is 34.5 Å². The molecule has 8 nitrogen and oxygen atoms in total. The number of phosphoric acid groups is 2. The maximum atomic E-state index is 14.8. The molecule has 0 aliphatic carbocycles. The second-order valence-electron chi connectivity index (χ2n) is 15.2. The lowest BCUT2D eigenvalue weighted by Crippen LogP contribution is -2.11. The molecule has 0 amide bonds. The molecule has 302 valence electrons. The average Bonchev–Trinajstić information content (AvgIpc) is 3.15. The summed E-state index contributed by atoms with van der Waals surface area (Å²) in [7, 11) is -8.61. The highest BCUT2D eigenvalue weighted by atomic mass is 31.2. The van der Waals surface area contributed by atoms with E-state index in [4.69, 9.17) is 27.1 Å². The molecule has 10 heteroatoms. The standard InChI is InChI=1S/C48H52O8P2/c1-29-17-13-18-30(2)43(29)51-57(49,52-44-31(3)19-14-20-32(44)4)55-47-37(9)25-41(26-38(47)10)42-27-39(11)48(40(12)28-42)56-58(50,53-45-33(5)21-15-22-34(45)6)54-46-35(7)23-16-24-36(46)8/h13-28H,1-12H3. The van der Waals surface area contributed by atoms with Crippen molar-refractivity contribution in [2.24, 2.45) is 0 Å². The van der Waals surface area contributed by atoms with Gasteiger partial charge in [0.2, 0.25) is 0 Å². The van der Waals surface area contributed by atoms with Gasteiger partial charge >= 0.3 is 15.6 Å². The highest BCUT2D eigenvalue weighted by Crippen LogP contribution is 2.55. The fourth-order valence-electron chi connectivity index (χ4n) is 7.08. The average molecular weight is 819 g/mol. The van der Waals surface area contributed by atoms with Gasteiger partial charge in [0.25, 0.3) is 0 Å². The fourth-order valence-corrected chi connectivity index (χ4v) is 10.4. The first-order valence-electron chi connectivity index (χ1n) is 19.2. The Morgan fingerprint density at radius 2 is 0.431 bits per heavy atom. The highest BCUT2D eigenvalue weighted by molar-refractivity contribution is 7.50. The molecule has 0 radical (unpaired) electrons. The first kappa shape index (κ1) is 42.2. The van der Waals surface area contributed by atoms with Crippen LogP contribution in [0.3, 0.4) is 0 Å². The highest BCUT2D eigenvalue weighted by Gasteiger charge is 2.38. The summed E-state index contributed by atoms with van der Waals surface area (Å²) in [6.07, 6.45) is 0. The van der Waals surface area contributed by atoms with E-state index in [2.05, 4.69) is 0 Å². The van der Waals surface area contributed by atoms with Crippen molar-refractivity contribution in [2.75, 3.05) is 0 Å². The van der Waals surface area contributed by atoms with E-state index < -0.39 is 15.6 Å². The van der Waals surface area contributed by atoms with Crippen LogP contribution in [0.1, 0.15) is 66.8 Å². The van der Waals surface area contributed by atoms with Gasteiger partial charge in [-0.25, -0.2) is 0 Å². The topological polar surface area (TPSA) is 89.5 Å². The summed E-state index contributed by atoms with van der Waals surface area (Å²) in [5, 5.41) is 0. The minimum atomic E-state index is -4.31. The predicted octanol–water partition coefficient (Wildman–Crippen LogP) is 14.3. The maximum absolute atomic E-state index is 14.8. The van der Waals surface area contributed by atoms with E-state index in [1.165, 1.54) is 0 Å². The molecule has 0 heterocycles. The van der Waals surface area contributed by atoms with Crippen molar-refractivity contribution in [3.8, 4) is 45.6 Å². The van der Waals surface area contributed by atoms with Crippen LogP contribution in [0.5, 0.6) is 34.5 Å². The maximum Gasteiger partial charge on any atom is 0.647 e. The van der Waals surface area contributed by atoms with Crippen molar-refractivity contribution in [3.63, 3.8) is 0 Å². The summed E-state index contributed by atoms with van der Waals surface area (Å²) in [4.78, 5) is 0. The first-order chi connectivity index (χ1) is 27.4. The van der Waals surface area contributed by atoms with E-state index >= 15 is 0 Å². The number of benzene rings is 6. The Balaban J connectivity index is 1.35. The molecule has 6 rings (SSSR count). The van der Waals surface area contributed by atoms with E-state index in [-0.39, 0.29) is 0 Å². The van der Waals surface area contributed by atoms with Crippen LogP contribution in [-0.2, 0) is 9.13 Å². The number of phosphoric ester groups is 2. The van der Waals surface area contributed by atoms with Crippen LogP contribution in [-0.4, -0.2) is 0 Å². The Labute approximate surface area is 343 Å². The third-order valence-electron chi connectivity index (χ3n) is 10.1. The van der Waals surface area contributed by atoms with Gasteiger partial charge in [-0.2, -0.15) is 9.13 Å². The second-order valence-corrected chi connectivity index (χ2v) is 18.1. The monoisotopic (exact) mass is 818 g/mol. The molecule has 0 saturated heterocycles. The third kappa shape index (κ3) is 9.15. The molecule has 0 spiro atoms. The molecule has 0 atom stereocenters. The fraction of sp³-hybridized carbons (Fsp3) is 0.250. The molecule has 0 aromatic heterocycles. The van der Waals surface area contributed by atoms with Crippen LogP contribution in [0.2, 0.25) is 0 Å². The van der Waals surface area contributed by atoms with Gasteiger partial charge < -0.3 is 27.1 Å². The molecule has 0 aliphatic rings. The van der Waals surface area contributed by atoms with E-state index in [9.17, 15) is 9.13 Å². The summed E-state index contributed by atoms with van der Waals surface area (Å²) in [5.41, 5.74) is 11.2. The van der Waals surface area contributed by atoms with Gasteiger partial charge in [0, 0.05) is 0 Å². The van der Waals surface area contributed by atoms with Gasteiger partial charge in [-0.1, -0.05) is 72.8 Å². The van der Waals surface area contributed by atoms with Gasteiger partial charge in [-0.05, 0) is 185 Å². The molecule has 6 aromatic carbocycles. The number of aryl methyl sites for hydroxylation is 12. The zero-order valence-electron chi connectivity index (χ0n) is 35.4. The summed E-state index contributed by atoms with van der Waals surface area (Å²) in [6, 6.07) is 30.7. The Morgan fingerprint density at radius 1 is 0.276 bits per heavy atom. The lowest BCUT2D eigenvalue weighted by molar-refractivity contribution is 0.293. The number of para-hydroxylation sites is 4. The summed E-state index contributed by atoms with van der Waals surface area (Å²) < 4.78 is 67.3.